The van der Waals surface area contributed by atoms with Gasteiger partial charge >= 0.3 is 6.18 Å². The second-order valence-corrected chi connectivity index (χ2v) is 10.6. The highest BCUT2D eigenvalue weighted by atomic mass is 19.4. The Balaban J connectivity index is 1.32. The van der Waals surface area contributed by atoms with Crippen LogP contribution in [0.25, 0.3) is 0 Å². The summed E-state index contributed by atoms with van der Waals surface area (Å²) in [5, 5.41) is 9.36. The molecule has 5 rings (SSSR count). The highest BCUT2D eigenvalue weighted by Gasteiger charge is 2.77. The fourth-order valence-electron chi connectivity index (χ4n) is 6.65. The van der Waals surface area contributed by atoms with Crippen LogP contribution in [-0.4, -0.2) is 57.9 Å². The van der Waals surface area contributed by atoms with Crippen molar-refractivity contribution in [3.8, 4) is 0 Å². The number of aromatic nitrogens is 2. The molecule has 8 nitrogen and oxygen atoms in total. The van der Waals surface area contributed by atoms with Gasteiger partial charge in [-0.25, -0.2) is 4.98 Å². The Bertz CT molecular complexity index is 1020. The zero-order valence-electron chi connectivity index (χ0n) is 20.2. The molecule has 1 aliphatic heterocycles. The van der Waals surface area contributed by atoms with Crippen LogP contribution in [0.5, 0.6) is 0 Å². The minimum absolute atomic E-state index is 0.0136. The third-order valence-corrected chi connectivity index (χ3v) is 8.65. The predicted octanol–water partition coefficient (Wildman–Crippen LogP) is 3.56. The summed E-state index contributed by atoms with van der Waals surface area (Å²) in [6.45, 7) is 4.49. The van der Waals surface area contributed by atoms with E-state index in [1.54, 1.807) is 4.90 Å². The number of carbonyl (C=O) groups is 2. The fraction of sp³-hybridized carbons (Fsp3) is 0.750. The summed E-state index contributed by atoms with van der Waals surface area (Å²) in [6, 6.07) is -0.109. The summed E-state index contributed by atoms with van der Waals surface area (Å²) in [6.07, 6.45) is 2.93. The molecule has 5 atom stereocenters. The van der Waals surface area contributed by atoms with Crippen LogP contribution in [0.3, 0.4) is 0 Å². The highest BCUT2D eigenvalue weighted by molar-refractivity contribution is 5.76. The topological polar surface area (TPSA) is 99.2 Å². The van der Waals surface area contributed by atoms with Gasteiger partial charge in [0.2, 0.25) is 17.8 Å². The lowest BCUT2D eigenvalue weighted by molar-refractivity contribution is -0.137. The van der Waals surface area contributed by atoms with Crippen LogP contribution >= 0.6 is 0 Å². The van der Waals surface area contributed by atoms with Gasteiger partial charge < -0.3 is 20.9 Å². The van der Waals surface area contributed by atoms with Gasteiger partial charge in [0.25, 0.3) is 0 Å². The molecule has 2 amide bonds. The molecule has 2 spiro atoms. The van der Waals surface area contributed by atoms with Crippen LogP contribution in [0.2, 0.25) is 0 Å². The van der Waals surface area contributed by atoms with Gasteiger partial charge in [0.1, 0.15) is 11.4 Å². The van der Waals surface area contributed by atoms with Crippen LogP contribution in [0.4, 0.5) is 24.9 Å². The average molecular weight is 495 g/mol. The molecule has 1 saturated heterocycles. The lowest BCUT2D eigenvalue weighted by Gasteiger charge is -2.32. The Morgan fingerprint density at radius 1 is 1.14 bits per heavy atom. The first-order chi connectivity index (χ1) is 16.6. The molecule has 2 unspecified atom stereocenters. The number of amides is 2. The number of hydrogen-bond acceptors (Lipinski definition) is 6. The molecule has 3 aliphatic carbocycles. The van der Waals surface area contributed by atoms with E-state index in [4.69, 9.17) is 0 Å². The number of nitrogens with zero attached hydrogens (tertiary/aromatic N) is 3. The van der Waals surface area contributed by atoms with E-state index in [-0.39, 0.29) is 52.5 Å². The zero-order chi connectivity index (χ0) is 25.0. The summed E-state index contributed by atoms with van der Waals surface area (Å²) in [7, 11) is 0. The van der Waals surface area contributed by atoms with Crippen LogP contribution in [0, 0.1) is 10.8 Å². The Kier molecular flexibility index (Phi) is 5.87. The first-order valence-corrected chi connectivity index (χ1v) is 12.6. The van der Waals surface area contributed by atoms with Crippen molar-refractivity contribution in [1.82, 2.24) is 20.2 Å². The Hall–Kier alpha value is -2.59. The van der Waals surface area contributed by atoms with E-state index in [2.05, 4.69) is 25.9 Å². The first-order valence-electron chi connectivity index (χ1n) is 12.6. The smallest absolute Gasteiger partial charge is 0.366 e. The van der Waals surface area contributed by atoms with E-state index in [1.807, 2.05) is 6.92 Å². The molecule has 4 aliphatic rings. The van der Waals surface area contributed by atoms with Gasteiger partial charge in [0.15, 0.2) is 0 Å². The number of hydrogen-bond donors (Lipinski definition) is 3. The first kappa shape index (κ1) is 24.1. The Morgan fingerprint density at radius 2 is 1.86 bits per heavy atom. The summed E-state index contributed by atoms with van der Waals surface area (Å²) < 4.78 is 41.4. The van der Waals surface area contributed by atoms with Crippen molar-refractivity contribution >= 4 is 23.6 Å². The van der Waals surface area contributed by atoms with Gasteiger partial charge in [-0.05, 0) is 38.5 Å². The van der Waals surface area contributed by atoms with Crippen molar-refractivity contribution in [3.63, 3.8) is 0 Å². The second-order valence-electron chi connectivity index (χ2n) is 10.6. The maximum Gasteiger partial charge on any atom is 0.421 e. The molecular formula is C24H33F3N6O2. The molecule has 3 saturated carbocycles. The minimum Gasteiger partial charge on any atom is -0.366 e. The maximum atomic E-state index is 13.8. The number of fused-ring (bicyclic) bond motifs is 1. The van der Waals surface area contributed by atoms with E-state index in [1.165, 1.54) is 6.92 Å². The molecule has 0 radical (unpaired) electrons. The average Bonchev–Trinajstić information content (AvgIpc) is 3.64. The predicted molar refractivity (Wildman–Crippen MR) is 124 cm³/mol. The normalized spacial score (nSPS) is 33.6. The van der Waals surface area contributed by atoms with Crippen molar-refractivity contribution in [1.29, 1.82) is 0 Å². The quantitative estimate of drug-likeness (QED) is 0.559. The molecule has 4 fully saturated rings. The summed E-state index contributed by atoms with van der Waals surface area (Å²) in [4.78, 5) is 33.6. The van der Waals surface area contributed by atoms with Crippen molar-refractivity contribution in [2.75, 3.05) is 23.7 Å². The molecule has 1 aromatic heterocycles. The summed E-state index contributed by atoms with van der Waals surface area (Å²) >= 11 is 0. The number of alkyl halides is 3. The molecule has 1 aromatic rings. The van der Waals surface area contributed by atoms with E-state index in [0.29, 0.717) is 19.5 Å². The third-order valence-electron chi connectivity index (χ3n) is 8.65. The molecule has 2 heterocycles. The van der Waals surface area contributed by atoms with E-state index in [9.17, 15) is 22.8 Å². The van der Waals surface area contributed by atoms with Crippen molar-refractivity contribution < 1.29 is 22.8 Å². The van der Waals surface area contributed by atoms with Crippen LogP contribution in [0.15, 0.2) is 6.20 Å². The number of piperidine rings is 1. The molecule has 192 valence electrons. The van der Waals surface area contributed by atoms with Crippen LogP contribution in [-0.2, 0) is 15.8 Å². The number of rotatable bonds is 6. The van der Waals surface area contributed by atoms with Gasteiger partial charge in [-0.1, -0.05) is 13.3 Å². The lowest BCUT2D eigenvalue weighted by atomic mass is 9.87. The lowest BCUT2D eigenvalue weighted by Crippen LogP contribution is -2.44. The van der Waals surface area contributed by atoms with Crippen LogP contribution in [0.1, 0.15) is 70.8 Å². The van der Waals surface area contributed by atoms with E-state index < -0.39 is 11.7 Å². The number of likely N-dealkylation sites (tertiary alicyclic amines) is 1. The van der Waals surface area contributed by atoms with Crippen LogP contribution < -0.4 is 16.0 Å². The van der Waals surface area contributed by atoms with Crippen molar-refractivity contribution in [2.24, 2.45) is 10.8 Å². The second kappa shape index (κ2) is 8.51. The molecule has 3 N–H and O–H groups in total. The largest absolute Gasteiger partial charge is 0.421 e. The highest BCUT2D eigenvalue weighted by Crippen LogP contribution is 2.78. The van der Waals surface area contributed by atoms with Gasteiger partial charge in [-0.3, -0.25) is 9.59 Å². The Morgan fingerprint density at radius 3 is 2.54 bits per heavy atom. The Labute approximate surface area is 202 Å². The SMILES string of the molecule is CCC(=O)NC1CC12CCC[C@@]21C[C@@H]1Nc1nc(N[C@H]2CCCN(C(C)=O)C2)ncc1C(F)(F)F. The van der Waals surface area contributed by atoms with E-state index in [0.717, 1.165) is 51.1 Å². The fourth-order valence-corrected chi connectivity index (χ4v) is 6.65. The van der Waals surface area contributed by atoms with E-state index >= 15 is 0 Å². The standard InChI is InChI=1S/C24H33F3N6O2/c1-3-19(35)30-17-10-22(17)7-5-8-23(22)11-18(23)31-20-16(24(25,26)27)12-28-21(32-20)29-15-6-4-9-33(13-15)14(2)34/h12,15,17-18H,3-11,13H2,1-2H3,(H,30,35)(H2,28,29,31,32)/t15-,17?,18-,22?,23-/m0/s1. The maximum absolute atomic E-state index is 13.8. The number of nitrogens with one attached hydrogen (secondary N) is 3. The third kappa shape index (κ3) is 4.31. The number of carbonyl (C=O) groups excluding carboxylic acids is 2. The number of halogens is 3. The number of anilines is 2. The van der Waals surface area contributed by atoms with Crippen molar-refractivity contribution in [3.05, 3.63) is 11.8 Å². The van der Waals surface area contributed by atoms with Gasteiger partial charge in [-0.15, -0.1) is 0 Å². The minimum atomic E-state index is -4.58. The molecule has 0 aromatic carbocycles. The molecule has 11 heteroatoms. The van der Waals surface area contributed by atoms with Gasteiger partial charge in [0.05, 0.1) is 0 Å². The molecular weight excluding hydrogens is 461 g/mol. The zero-order valence-corrected chi connectivity index (χ0v) is 20.2. The van der Waals surface area contributed by atoms with Crippen molar-refractivity contribution in [2.45, 2.75) is 89.5 Å². The van der Waals surface area contributed by atoms with Gasteiger partial charge in [-0.2, -0.15) is 18.2 Å². The monoisotopic (exact) mass is 494 g/mol. The molecule has 35 heavy (non-hydrogen) atoms. The summed E-state index contributed by atoms with van der Waals surface area (Å²) in [5.41, 5.74) is -0.982. The van der Waals surface area contributed by atoms with Gasteiger partial charge in [0, 0.05) is 61.6 Å². The molecule has 0 bridgehead atoms. The summed E-state index contributed by atoms with van der Waals surface area (Å²) in [5.74, 6) is -0.0690.